The lowest BCUT2D eigenvalue weighted by Gasteiger charge is -2.29. The highest BCUT2D eigenvalue weighted by molar-refractivity contribution is 5.89. The molecule has 1 saturated heterocycles. The van der Waals surface area contributed by atoms with E-state index in [2.05, 4.69) is 17.1 Å². The molecule has 0 aromatic heterocycles. The molecule has 2 rings (SSSR count). The van der Waals surface area contributed by atoms with E-state index < -0.39 is 5.54 Å². The van der Waals surface area contributed by atoms with E-state index in [1.807, 2.05) is 0 Å². The molecule has 1 heterocycles. The van der Waals surface area contributed by atoms with Crippen molar-refractivity contribution in [2.75, 3.05) is 19.6 Å². The number of carbonyl (C=O) groups is 1. The molecular weight excluding hydrogens is 202 g/mol. The highest BCUT2D eigenvalue weighted by Crippen LogP contribution is 2.32. The van der Waals surface area contributed by atoms with Gasteiger partial charge in [-0.05, 0) is 45.7 Å². The molecule has 4 nitrogen and oxygen atoms in total. The summed E-state index contributed by atoms with van der Waals surface area (Å²) in [5.41, 5.74) is 5.31. The first-order valence-electron chi connectivity index (χ1n) is 6.42. The monoisotopic (exact) mass is 225 g/mol. The Balaban J connectivity index is 1.70. The van der Waals surface area contributed by atoms with Gasteiger partial charge >= 0.3 is 0 Å². The highest BCUT2D eigenvalue weighted by atomic mass is 16.2. The molecule has 16 heavy (non-hydrogen) atoms. The summed E-state index contributed by atoms with van der Waals surface area (Å²) < 4.78 is 0. The van der Waals surface area contributed by atoms with Crippen LogP contribution in [0, 0.1) is 0 Å². The number of nitrogens with two attached hydrogens (primary N) is 1. The maximum absolute atomic E-state index is 11.7. The van der Waals surface area contributed by atoms with Crippen LogP contribution in [-0.4, -0.2) is 42.0 Å². The molecular formula is C12H23N3O. The summed E-state index contributed by atoms with van der Waals surface area (Å²) in [4.78, 5) is 14.2. The van der Waals surface area contributed by atoms with Gasteiger partial charge in [0, 0.05) is 12.6 Å². The van der Waals surface area contributed by atoms with E-state index in [-0.39, 0.29) is 11.9 Å². The van der Waals surface area contributed by atoms with Gasteiger partial charge in [0.05, 0.1) is 5.54 Å². The van der Waals surface area contributed by atoms with E-state index >= 15 is 0 Å². The molecule has 0 aromatic rings. The van der Waals surface area contributed by atoms with Gasteiger partial charge in [0.25, 0.3) is 0 Å². The van der Waals surface area contributed by atoms with Crippen molar-refractivity contribution < 1.29 is 4.79 Å². The average molecular weight is 225 g/mol. The van der Waals surface area contributed by atoms with Gasteiger partial charge in [0.15, 0.2) is 0 Å². The zero-order valence-electron chi connectivity index (χ0n) is 10.2. The summed E-state index contributed by atoms with van der Waals surface area (Å²) in [5.74, 6) is 0.0389. The summed E-state index contributed by atoms with van der Waals surface area (Å²) >= 11 is 0. The number of hydrogen-bond acceptors (Lipinski definition) is 3. The fourth-order valence-corrected chi connectivity index (χ4v) is 2.30. The molecule has 0 spiro atoms. The summed E-state index contributed by atoms with van der Waals surface area (Å²) in [6.45, 7) is 5.38. The predicted octanol–water partition coefficient (Wildman–Crippen LogP) is 0.468. The van der Waals surface area contributed by atoms with Crippen LogP contribution in [-0.2, 0) is 4.79 Å². The molecule has 1 unspecified atom stereocenters. The minimum Gasteiger partial charge on any atom is -0.351 e. The van der Waals surface area contributed by atoms with E-state index in [1.54, 1.807) is 0 Å². The first kappa shape index (κ1) is 11.9. The molecule has 1 aliphatic carbocycles. The van der Waals surface area contributed by atoms with E-state index in [0.29, 0.717) is 0 Å². The summed E-state index contributed by atoms with van der Waals surface area (Å²) in [6.07, 6.45) is 5.62. The van der Waals surface area contributed by atoms with Crippen molar-refractivity contribution in [3.8, 4) is 0 Å². The van der Waals surface area contributed by atoms with Gasteiger partial charge < -0.3 is 16.0 Å². The number of nitrogens with one attached hydrogen (secondary N) is 1. The standard InChI is InChI=1S/C12H23N3O/c1-10(9-15-7-3-2-4-8-15)14-11(16)12(13)5-6-12/h10H,2-9,13H2,1H3,(H,14,16). The molecule has 1 atom stereocenters. The highest BCUT2D eigenvalue weighted by Gasteiger charge is 2.46. The van der Waals surface area contributed by atoms with Crippen molar-refractivity contribution in [3.05, 3.63) is 0 Å². The largest absolute Gasteiger partial charge is 0.351 e. The third-order valence-electron chi connectivity index (χ3n) is 3.60. The molecule has 2 aliphatic rings. The minimum atomic E-state index is -0.532. The smallest absolute Gasteiger partial charge is 0.240 e. The normalized spacial score (nSPS) is 26.1. The zero-order chi connectivity index (χ0) is 11.6. The summed E-state index contributed by atoms with van der Waals surface area (Å²) in [5, 5.41) is 3.02. The Morgan fingerprint density at radius 3 is 2.56 bits per heavy atom. The Morgan fingerprint density at radius 2 is 2.00 bits per heavy atom. The Bertz CT molecular complexity index is 257. The Hall–Kier alpha value is -0.610. The van der Waals surface area contributed by atoms with Crippen LogP contribution in [0.2, 0.25) is 0 Å². The molecule has 0 radical (unpaired) electrons. The van der Waals surface area contributed by atoms with Gasteiger partial charge in [0.2, 0.25) is 5.91 Å². The molecule has 92 valence electrons. The molecule has 4 heteroatoms. The number of rotatable bonds is 4. The van der Waals surface area contributed by atoms with Crippen molar-refractivity contribution in [1.82, 2.24) is 10.2 Å². The number of amides is 1. The van der Waals surface area contributed by atoms with Crippen LogP contribution in [0.5, 0.6) is 0 Å². The van der Waals surface area contributed by atoms with Crippen LogP contribution in [0.1, 0.15) is 39.0 Å². The van der Waals surface area contributed by atoms with Crippen LogP contribution in [0.25, 0.3) is 0 Å². The topological polar surface area (TPSA) is 58.4 Å². The van der Waals surface area contributed by atoms with Crippen molar-refractivity contribution in [1.29, 1.82) is 0 Å². The first-order valence-corrected chi connectivity index (χ1v) is 6.42. The number of carbonyl (C=O) groups excluding carboxylic acids is 1. The van der Waals surface area contributed by atoms with E-state index in [1.165, 1.54) is 32.4 Å². The molecule has 1 amide bonds. The van der Waals surface area contributed by atoms with Crippen molar-refractivity contribution in [2.45, 2.75) is 50.6 Å². The fraction of sp³-hybridized carbons (Fsp3) is 0.917. The summed E-state index contributed by atoms with van der Waals surface area (Å²) in [6, 6.07) is 0.214. The van der Waals surface area contributed by atoms with Crippen molar-refractivity contribution in [2.24, 2.45) is 5.73 Å². The minimum absolute atomic E-state index is 0.0389. The van der Waals surface area contributed by atoms with Gasteiger partial charge in [-0.15, -0.1) is 0 Å². The quantitative estimate of drug-likeness (QED) is 0.731. The molecule has 0 aromatic carbocycles. The number of nitrogens with zero attached hydrogens (tertiary/aromatic N) is 1. The van der Waals surface area contributed by atoms with E-state index in [0.717, 1.165) is 19.4 Å². The van der Waals surface area contributed by atoms with Crippen LogP contribution < -0.4 is 11.1 Å². The van der Waals surface area contributed by atoms with Crippen LogP contribution in [0.4, 0.5) is 0 Å². The summed E-state index contributed by atoms with van der Waals surface area (Å²) in [7, 11) is 0. The number of likely N-dealkylation sites (tertiary alicyclic amines) is 1. The zero-order valence-corrected chi connectivity index (χ0v) is 10.2. The third kappa shape index (κ3) is 2.95. The van der Waals surface area contributed by atoms with Gasteiger partial charge in [0.1, 0.15) is 0 Å². The predicted molar refractivity (Wildman–Crippen MR) is 64.0 cm³/mol. The molecule has 2 fully saturated rings. The third-order valence-corrected chi connectivity index (χ3v) is 3.60. The second-order valence-corrected chi connectivity index (χ2v) is 5.39. The van der Waals surface area contributed by atoms with Gasteiger partial charge in [-0.2, -0.15) is 0 Å². The lowest BCUT2D eigenvalue weighted by atomic mass is 10.1. The van der Waals surface area contributed by atoms with Crippen molar-refractivity contribution in [3.63, 3.8) is 0 Å². The maximum Gasteiger partial charge on any atom is 0.240 e. The number of piperidine rings is 1. The van der Waals surface area contributed by atoms with Gasteiger partial charge in [-0.1, -0.05) is 6.42 Å². The lowest BCUT2D eigenvalue weighted by Crippen LogP contribution is -2.50. The van der Waals surface area contributed by atoms with Crippen molar-refractivity contribution >= 4 is 5.91 Å². The average Bonchev–Trinajstić information content (AvgIpc) is 2.99. The fourth-order valence-electron chi connectivity index (χ4n) is 2.30. The first-order chi connectivity index (χ1) is 7.60. The number of hydrogen-bond donors (Lipinski definition) is 2. The van der Waals surface area contributed by atoms with Crippen LogP contribution in [0.15, 0.2) is 0 Å². The molecule has 0 bridgehead atoms. The Morgan fingerprint density at radius 1 is 1.38 bits per heavy atom. The van der Waals surface area contributed by atoms with E-state index in [4.69, 9.17) is 5.73 Å². The lowest BCUT2D eigenvalue weighted by molar-refractivity contribution is -0.124. The SMILES string of the molecule is CC(CN1CCCCC1)NC(=O)C1(N)CC1. The maximum atomic E-state index is 11.7. The van der Waals surface area contributed by atoms with Gasteiger partial charge in [-0.3, -0.25) is 4.79 Å². The second kappa shape index (κ2) is 4.72. The Labute approximate surface area is 97.6 Å². The van der Waals surface area contributed by atoms with Gasteiger partial charge in [-0.25, -0.2) is 0 Å². The Kier molecular flexibility index (Phi) is 3.50. The second-order valence-electron chi connectivity index (χ2n) is 5.39. The molecule has 1 saturated carbocycles. The van der Waals surface area contributed by atoms with E-state index in [9.17, 15) is 4.79 Å². The molecule has 1 aliphatic heterocycles. The van der Waals surface area contributed by atoms with Crippen LogP contribution >= 0.6 is 0 Å². The van der Waals surface area contributed by atoms with Crippen LogP contribution in [0.3, 0.4) is 0 Å². The molecule has 3 N–H and O–H groups in total.